The fraction of sp³-hybridized carbons (Fsp3) is 0.0714. The third kappa shape index (κ3) is 2.28. The van der Waals surface area contributed by atoms with Gasteiger partial charge < -0.3 is 4.74 Å². The molecule has 0 unspecified atom stereocenters. The molecule has 0 bridgehead atoms. The number of ether oxygens (including phenoxy) is 1. The van der Waals surface area contributed by atoms with Gasteiger partial charge in [-0.25, -0.2) is 0 Å². The largest absolute Gasteiger partial charge is 0.457 e. The topological polar surface area (TPSA) is 26.3 Å². The second kappa shape index (κ2) is 4.62. The molecule has 0 N–H and O–H groups in total. The van der Waals surface area contributed by atoms with Crippen molar-refractivity contribution in [3.63, 3.8) is 0 Å². The molecule has 0 aliphatic rings. The maximum atomic E-state index is 10.5. The third-order valence-electron chi connectivity index (χ3n) is 2.34. The van der Waals surface area contributed by atoms with E-state index in [-0.39, 0.29) is 0 Å². The van der Waals surface area contributed by atoms with E-state index in [2.05, 4.69) is 0 Å². The fourth-order valence-electron chi connectivity index (χ4n) is 1.41. The van der Waals surface area contributed by atoms with Crippen molar-refractivity contribution >= 4 is 6.29 Å². The first kappa shape index (κ1) is 10.4. The number of benzene rings is 2. The van der Waals surface area contributed by atoms with Gasteiger partial charge in [0.05, 0.1) is 0 Å². The highest BCUT2D eigenvalue weighted by Crippen LogP contribution is 2.24. The lowest BCUT2D eigenvalue weighted by atomic mass is 10.2. The standard InChI is InChI=1S/C14H12O2/c1-11-4-2-3-5-14(11)16-13-8-6-12(10-15)7-9-13/h2-10H,1H3. The number of carbonyl (C=O) groups excluding carboxylic acids is 1. The van der Waals surface area contributed by atoms with E-state index < -0.39 is 0 Å². The molecule has 0 spiro atoms. The second-order valence-corrected chi connectivity index (χ2v) is 3.55. The van der Waals surface area contributed by atoms with Crippen LogP contribution in [0.2, 0.25) is 0 Å². The van der Waals surface area contributed by atoms with Gasteiger partial charge in [0.15, 0.2) is 0 Å². The lowest BCUT2D eigenvalue weighted by Gasteiger charge is -2.07. The lowest BCUT2D eigenvalue weighted by Crippen LogP contribution is -1.87. The molecule has 0 atom stereocenters. The Morgan fingerprint density at radius 3 is 2.31 bits per heavy atom. The highest BCUT2D eigenvalue weighted by molar-refractivity contribution is 5.74. The minimum absolute atomic E-state index is 0.650. The number of rotatable bonds is 3. The molecule has 2 aromatic carbocycles. The van der Waals surface area contributed by atoms with Crippen LogP contribution in [-0.4, -0.2) is 6.29 Å². The predicted molar refractivity (Wildman–Crippen MR) is 63.1 cm³/mol. The summed E-state index contributed by atoms with van der Waals surface area (Å²) in [6, 6.07) is 14.9. The molecule has 0 radical (unpaired) electrons. The predicted octanol–water partition coefficient (Wildman–Crippen LogP) is 3.60. The zero-order valence-electron chi connectivity index (χ0n) is 9.01. The van der Waals surface area contributed by atoms with Gasteiger partial charge in [0.25, 0.3) is 0 Å². The van der Waals surface area contributed by atoms with E-state index in [0.29, 0.717) is 5.56 Å². The molecule has 0 saturated carbocycles. The Balaban J connectivity index is 2.21. The number of carbonyl (C=O) groups is 1. The molecule has 2 rings (SSSR count). The van der Waals surface area contributed by atoms with Gasteiger partial charge in [-0.15, -0.1) is 0 Å². The maximum Gasteiger partial charge on any atom is 0.150 e. The summed E-state index contributed by atoms with van der Waals surface area (Å²) in [5, 5.41) is 0. The molecular formula is C14H12O2. The van der Waals surface area contributed by atoms with E-state index in [4.69, 9.17) is 4.74 Å². The number of aryl methyl sites for hydroxylation is 1. The number of hydrogen-bond acceptors (Lipinski definition) is 2. The Bertz CT molecular complexity index is 486. The van der Waals surface area contributed by atoms with E-state index in [1.807, 2.05) is 31.2 Å². The van der Waals surface area contributed by atoms with Crippen LogP contribution in [0.15, 0.2) is 48.5 Å². The zero-order chi connectivity index (χ0) is 11.4. The van der Waals surface area contributed by atoms with Crippen LogP contribution in [-0.2, 0) is 0 Å². The molecule has 0 saturated heterocycles. The van der Waals surface area contributed by atoms with Gasteiger partial charge in [0.2, 0.25) is 0 Å². The van der Waals surface area contributed by atoms with Crippen LogP contribution >= 0.6 is 0 Å². The summed E-state index contributed by atoms with van der Waals surface area (Å²) in [5.41, 5.74) is 1.74. The van der Waals surface area contributed by atoms with Crippen molar-refractivity contribution in [1.29, 1.82) is 0 Å². The van der Waals surface area contributed by atoms with Gasteiger partial charge >= 0.3 is 0 Å². The van der Waals surface area contributed by atoms with Crippen LogP contribution in [0.5, 0.6) is 11.5 Å². The number of aldehydes is 1. The molecule has 0 aromatic heterocycles. The van der Waals surface area contributed by atoms with Crippen LogP contribution in [0.1, 0.15) is 15.9 Å². The molecule has 80 valence electrons. The van der Waals surface area contributed by atoms with Crippen molar-refractivity contribution in [3.8, 4) is 11.5 Å². The lowest BCUT2D eigenvalue weighted by molar-refractivity contribution is 0.112. The SMILES string of the molecule is Cc1ccccc1Oc1ccc(C=O)cc1. The summed E-state index contributed by atoms with van der Waals surface area (Å²) in [4.78, 5) is 10.5. The average Bonchev–Trinajstić information content (AvgIpc) is 2.33. The number of para-hydroxylation sites is 1. The van der Waals surface area contributed by atoms with Crippen LogP contribution in [0.25, 0.3) is 0 Å². The van der Waals surface area contributed by atoms with Crippen molar-refractivity contribution in [1.82, 2.24) is 0 Å². The maximum absolute atomic E-state index is 10.5. The normalized spacial score (nSPS) is 9.81. The van der Waals surface area contributed by atoms with Gasteiger partial charge in [-0.1, -0.05) is 18.2 Å². The van der Waals surface area contributed by atoms with Gasteiger partial charge in [-0.3, -0.25) is 4.79 Å². The van der Waals surface area contributed by atoms with E-state index in [0.717, 1.165) is 23.3 Å². The first-order chi connectivity index (χ1) is 7.79. The Morgan fingerprint density at radius 2 is 1.69 bits per heavy atom. The minimum atomic E-state index is 0.650. The third-order valence-corrected chi connectivity index (χ3v) is 2.34. The van der Waals surface area contributed by atoms with Gasteiger partial charge in [-0.2, -0.15) is 0 Å². The van der Waals surface area contributed by atoms with E-state index >= 15 is 0 Å². The van der Waals surface area contributed by atoms with Gasteiger partial charge in [0, 0.05) is 5.56 Å². The summed E-state index contributed by atoms with van der Waals surface area (Å²) in [5.74, 6) is 1.57. The van der Waals surface area contributed by atoms with E-state index in [1.165, 1.54) is 0 Å². The molecule has 0 fully saturated rings. The van der Waals surface area contributed by atoms with E-state index in [1.54, 1.807) is 24.3 Å². The highest BCUT2D eigenvalue weighted by Gasteiger charge is 1.99. The van der Waals surface area contributed by atoms with Crippen LogP contribution in [0.4, 0.5) is 0 Å². The number of hydrogen-bond donors (Lipinski definition) is 0. The first-order valence-corrected chi connectivity index (χ1v) is 5.08. The van der Waals surface area contributed by atoms with Crippen LogP contribution < -0.4 is 4.74 Å². The average molecular weight is 212 g/mol. The monoisotopic (exact) mass is 212 g/mol. The summed E-state index contributed by atoms with van der Waals surface area (Å²) in [7, 11) is 0. The van der Waals surface area contributed by atoms with Crippen LogP contribution in [0.3, 0.4) is 0 Å². The molecule has 16 heavy (non-hydrogen) atoms. The summed E-state index contributed by atoms with van der Waals surface area (Å²) < 4.78 is 5.69. The Labute approximate surface area is 94.5 Å². The quantitative estimate of drug-likeness (QED) is 0.726. The molecule has 2 nitrogen and oxygen atoms in total. The van der Waals surface area contributed by atoms with Crippen molar-refractivity contribution in [2.24, 2.45) is 0 Å². The van der Waals surface area contributed by atoms with Crippen molar-refractivity contribution in [2.45, 2.75) is 6.92 Å². The molecule has 0 heterocycles. The smallest absolute Gasteiger partial charge is 0.150 e. The molecule has 0 aliphatic carbocycles. The zero-order valence-corrected chi connectivity index (χ0v) is 9.01. The Morgan fingerprint density at radius 1 is 1.00 bits per heavy atom. The highest BCUT2D eigenvalue weighted by atomic mass is 16.5. The van der Waals surface area contributed by atoms with Gasteiger partial charge in [-0.05, 0) is 42.8 Å². The first-order valence-electron chi connectivity index (χ1n) is 5.08. The van der Waals surface area contributed by atoms with Crippen molar-refractivity contribution in [2.75, 3.05) is 0 Å². The fourth-order valence-corrected chi connectivity index (χ4v) is 1.41. The summed E-state index contributed by atoms with van der Waals surface area (Å²) >= 11 is 0. The summed E-state index contributed by atoms with van der Waals surface area (Å²) in [6.45, 7) is 2.00. The molecule has 0 amide bonds. The second-order valence-electron chi connectivity index (χ2n) is 3.55. The molecule has 0 aliphatic heterocycles. The van der Waals surface area contributed by atoms with Crippen molar-refractivity contribution in [3.05, 3.63) is 59.7 Å². The molecular weight excluding hydrogens is 200 g/mol. The van der Waals surface area contributed by atoms with Crippen LogP contribution in [0, 0.1) is 6.92 Å². The minimum Gasteiger partial charge on any atom is -0.457 e. The van der Waals surface area contributed by atoms with Crippen molar-refractivity contribution < 1.29 is 9.53 Å². The molecule has 2 aromatic rings. The Kier molecular flexibility index (Phi) is 3.01. The van der Waals surface area contributed by atoms with E-state index in [9.17, 15) is 4.79 Å². The van der Waals surface area contributed by atoms with Gasteiger partial charge in [0.1, 0.15) is 17.8 Å². The Hall–Kier alpha value is -2.09. The summed E-state index contributed by atoms with van der Waals surface area (Å²) in [6.07, 6.45) is 0.817. The molecule has 2 heteroatoms.